The highest BCUT2D eigenvalue weighted by Gasteiger charge is 2.42. The maximum atomic E-state index is 11.4. The Morgan fingerprint density at radius 2 is 1.89 bits per heavy atom. The summed E-state index contributed by atoms with van der Waals surface area (Å²) in [4.78, 5) is 2.51. The molecule has 4 heteroatoms. The van der Waals surface area contributed by atoms with Crippen molar-refractivity contribution < 1.29 is 4.21 Å². The highest BCUT2D eigenvalue weighted by molar-refractivity contribution is 7.85. The molecule has 18 heavy (non-hydrogen) atoms. The summed E-state index contributed by atoms with van der Waals surface area (Å²) in [6.45, 7) is 10.3. The first-order valence-corrected chi connectivity index (χ1v) is 8.73. The summed E-state index contributed by atoms with van der Waals surface area (Å²) in [5.74, 6) is 3.05. The molecule has 1 heterocycles. The van der Waals surface area contributed by atoms with Gasteiger partial charge in [0.15, 0.2) is 0 Å². The zero-order valence-corrected chi connectivity index (χ0v) is 12.8. The molecule has 2 fully saturated rings. The van der Waals surface area contributed by atoms with E-state index in [0.29, 0.717) is 17.4 Å². The molecule has 0 aromatic carbocycles. The molecule has 0 aromatic heterocycles. The fourth-order valence-corrected chi connectivity index (χ4v) is 4.56. The molecular weight excluding hydrogens is 244 g/mol. The molecule has 1 saturated heterocycles. The van der Waals surface area contributed by atoms with E-state index in [4.69, 9.17) is 5.73 Å². The van der Waals surface area contributed by atoms with Crippen LogP contribution in [-0.2, 0) is 10.8 Å². The van der Waals surface area contributed by atoms with Crippen LogP contribution in [0.1, 0.15) is 33.6 Å². The third-order valence-corrected chi connectivity index (χ3v) is 6.74. The Kier molecular flexibility index (Phi) is 4.50. The van der Waals surface area contributed by atoms with Crippen molar-refractivity contribution in [2.24, 2.45) is 23.0 Å². The van der Waals surface area contributed by atoms with Gasteiger partial charge in [-0.25, -0.2) is 0 Å². The topological polar surface area (TPSA) is 46.3 Å². The van der Waals surface area contributed by atoms with Crippen molar-refractivity contribution in [1.29, 1.82) is 0 Å². The second kappa shape index (κ2) is 5.59. The monoisotopic (exact) mass is 272 g/mol. The zero-order chi connectivity index (χ0) is 13.3. The Hall–Kier alpha value is 0.0700. The molecule has 0 aromatic rings. The lowest BCUT2D eigenvalue weighted by molar-refractivity contribution is 0.0305. The molecule has 1 aliphatic carbocycles. The maximum Gasteiger partial charge on any atom is 0.0363 e. The summed E-state index contributed by atoms with van der Waals surface area (Å²) in [7, 11) is -0.561. The Morgan fingerprint density at radius 3 is 2.50 bits per heavy atom. The maximum absolute atomic E-state index is 11.4. The van der Waals surface area contributed by atoms with Crippen LogP contribution >= 0.6 is 0 Å². The molecule has 2 aliphatic rings. The lowest BCUT2D eigenvalue weighted by atomic mass is 9.61. The quantitative estimate of drug-likeness (QED) is 0.827. The van der Waals surface area contributed by atoms with Crippen LogP contribution in [0.15, 0.2) is 0 Å². The molecule has 0 bridgehead atoms. The second-order valence-corrected chi connectivity index (χ2v) is 8.39. The van der Waals surface area contributed by atoms with Crippen molar-refractivity contribution in [3.63, 3.8) is 0 Å². The van der Waals surface area contributed by atoms with Crippen molar-refractivity contribution in [2.45, 2.75) is 39.7 Å². The second-order valence-electron chi connectivity index (χ2n) is 6.70. The molecule has 1 saturated carbocycles. The van der Waals surface area contributed by atoms with E-state index in [1.807, 2.05) is 0 Å². The number of hydrogen-bond donors (Lipinski definition) is 1. The van der Waals surface area contributed by atoms with Crippen molar-refractivity contribution in [1.82, 2.24) is 4.90 Å². The normalized spacial score (nSPS) is 38.8. The van der Waals surface area contributed by atoms with Gasteiger partial charge < -0.3 is 10.6 Å². The van der Waals surface area contributed by atoms with Crippen molar-refractivity contribution in [3.05, 3.63) is 0 Å². The van der Waals surface area contributed by atoms with Gasteiger partial charge in [0.1, 0.15) is 0 Å². The summed E-state index contributed by atoms with van der Waals surface area (Å²) in [6, 6.07) is 0.366. The van der Waals surface area contributed by atoms with E-state index >= 15 is 0 Å². The Labute approximate surface area is 114 Å². The number of nitrogens with zero attached hydrogens (tertiary/aromatic N) is 1. The third kappa shape index (κ3) is 2.97. The van der Waals surface area contributed by atoms with Gasteiger partial charge in [0.2, 0.25) is 0 Å². The van der Waals surface area contributed by atoms with Gasteiger partial charge in [-0.05, 0) is 30.1 Å². The fraction of sp³-hybridized carbons (Fsp3) is 1.00. The van der Waals surface area contributed by atoms with E-state index in [1.165, 1.54) is 13.0 Å². The lowest BCUT2D eigenvalue weighted by Gasteiger charge is -2.48. The molecule has 3 nitrogen and oxygen atoms in total. The largest absolute Gasteiger partial charge is 0.327 e. The van der Waals surface area contributed by atoms with E-state index in [-0.39, 0.29) is 0 Å². The van der Waals surface area contributed by atoms with Crippen molar-refractivity contribution in [3.8, 4) is 0 Å². The van der Waals surface area contributed by atoms with Crippen LogP contribution in [0.4, 0.5) is 0 Å². The summed E-state index contributed by atoms with van der Waals surface area (Å²) in [6.07, 6.45) is 2.41. The van der Waals surface area contributed by atoms with E-state index in [1.54, 1.807) is 0 Å². The van der Waals surface area contributed by atoms with Crippen LogP contribution in [0, 0.1) is 17.3 Å². The highest BCUT2D eigenvalue weighted by atomic mass is 32.2. The average Bonchev–Trinajstić information content (AvgIpc) is 2.33. The molecule has 2 N–H and O–H groups in total. The standard InChI is InChI=1S/C14H28N2OS/c1-11-13(15)5-4-12(14(11,2)3)10-16-6-8-18(17)9-7-16/h11-13H,4-10,15H2,1-3H3. The minimum Gasteiger partial charge on any atom is -0.327 e. The van der Waals surface area contributed by atoms with E-state index in [2.05, 4.69) is 25.7 Å². The van der Waals surface area contributed by atoms with Crippen LogP contribution in [0.5, 0.6) is 0 Å². The Balaban J connectivity index is 1.94. The summed E-state index contributed by atoms with van der Waals surface area (Å²) < 4.78 is 11.4. The first-order chi connectivity index (χ1) is 8.41. The molecule has 1 aliphatic heterocycles. The van der Waals surface area contributed by atoms with Gasteiger partial charge >= 0.3 is 0 Å². The lowest BCUT2D eigenvalue weighted by Crippen LogP contribution is -2.51. The zero-order valence-electron chi connectivity index (χ0n) is 12.0. The van der Waals surface area contributed by atoms with E-state index < -0.39 is 10.8 Å². The van der Waals surface area contributed by atoms with Crippen LogP contribution in [0.25, 0.3) is 0 Å². The predicted molar refractivity (Wildman–Crippen MR) is 78.0 cm³/mol. The van der Waals surface area contributed by atoms with Crippen LogP contribution in [-0.4, -0.2) is 46.3 Å². The van der Waals surface area contributed by atoms with Gasteiger partial charge in [0.05, 0.1) is 0 Å². The molecule has 3 unspecified atom stereocenters. The van der Waals surface area contributed by atoms with Gasteiger partial charge in [-0.3, -0.25) is 4.21 Å². The smallest absolute Gasteiger partial charge is 0.0363 e. The van der Waals surface area contributed by atoms with Gasteiger partial charge in [-0.1, -0.05) is 20.8 Å². The minimum absolute atomic E-state index is 0.328. The highest BCUT2D eigenvalue weighted by Crippen LogP contribution is 2.44. The summed E-state index contributed by atoms with van der Waals surface area (Å²) in [5.41, 5.74) is 6.54. The van der Waals surface area contributed by atoms with Gasteiger partial charge in [-0.15, -0.1) is 0 Å². The van der Waals surface area contributed by atoms with Gasteiger partial charge in [0, 0.05) is 48.0 Å². The molecule has 106 valence electrons. The first-order valence-electron chi connectivity index (χ1n) is 7.24. The molecule has 0 radical (unpaired) electrons. The molecule has 3 atom stereocenters. The molecule has 0 amide bonds. The van der Waals surface area contributed by atoms with E-state index in [0.717, 1.165) is 36.9 Å². The minimum atomic E-state index is -0.561. The van der Waals surface area contributed by atoms with Crippen LogP contribution < -0.4 is 5.73 Å². The molecule has 2 rings (SSSR count). The van der Waals surface area contributed by atoms with Crippen LogP contribution in [0.2, 0.25) is 0 Å². The Bertz CT molecular complexity index is 309. The molecule has 0 spiro atoms. The average molecular weight is 272 g/mol. The molecular formula is C14H28N2OS. The van der Waals surface area contributed by atoms with Crippen LogP contribution in [0.3, 0.4) is 0 Å². The number of nitrogens with two attached hydrogens (primary N) is 1. The summed E-state index contributed by atoms with van der Waals surface area (Å²) in [5, 5.41) is 0. The first kappa shape index (κ1) is 14.5. The number of hydrogen-bond acceptors (Lipinski definition) is 3. The van der Waals surface area contributed by atoms with Gasteiger partial charge in [0.25, 0.3) is 0 Å². The Morgan fingerprint density at radius 1 is 1.28 bits per heavy atom. The fourth-order valence-electron chi connectivity index (χ4n) is 3.44. The summed E-state index contributed by atoms with van der Waals surface area (Å²) >= 11 is 0. The SMILES string of the molecule is CC1C(N)CCC(CN2CCS(=O)CC2)C1(C)C. The predicted octanol–water partition coefficient (Wildman–Crippen LogP) is 1.45. The number of rotatable bonds is 2. The van der Waals surface area contributed by atoms with Crippen molar-refractivity contribution in [2.75, 3.05) is 31.1 Å². The third-order valence-electron chi connectivity index (χ3n) is 5.47. The van der Waals surface area contributed by atoms with Gasteiger partial charge in [-0.2, -0.15) is 0 Å². The van der Waals surface area contributed by atoms with E-state index in [9.17, 15) is 4.21 Å². The van der Waals surface area contributed by atoms with Crippen molar-refractivity contribution >= 4 is 10.8 Å².